The van der Waals surface area contributed by atoms with E-state index in [-0.39, 0.29) is 11.7 Å². The zero-order valence-corrected chi connectivity index (χ0v) is 11.6. The molecule has 0 fully saturated rings. The Balaban J connectivity index is 1.59. The van der Waals surface area contributed by atoms with E-state index in [4.69, 9.17) is 4.74 Å². The Morgan fingerprint density at radius 1 is 1.14 bits per heavy atom. The molecule has 2 aromatic rings. The SMILES string of the molecule is O=C(Nc1ccc(F)c(F)c1)NC1COc2ccccc2C1. The summed E-state index contributed by atoms with van der Waals surface area (Å²) in [6, 6.07) is 10.1. The van der Waals surface area contributed by atoms with Crippen LogP contribution in [0.1, 0.15) is 5.56 Å². The smallest absolute Gasteiger partial charge is 0.319 e. The second-order valence-corrected chi connectivity index (χ2v) is 5.05. The average Bonchev–Trinajstić information content (AvgIpc) is 2.51. The number of para-hydroxylation sites is 1. The van der Waals surface area contributed by atoms with Crippen LogP contribution < -0.4 is 15.4 Å². The fraction of sp³-hybridized carbons (Fsp3) is 0.188. The van der Waals surface area contributed by atoms with Gasteiger partial charge in [-0.3, -0.25) is 0 Å². The van der Waals surface area contributed by atoms with Crippen molar-refractivity contribution in [2.75, 3.05) is 11.9 Å². The first kappa shape index (κ1) is 14.3. The molecule has 1 unspecified atom stereocenters. The Bertz CT molecular complexity index is 706. The minimum atomic E-state index is -1.01. The Morgan fingerprint density at radius 2 is 1.95 bits per heavy atom. The standard InChI is InChI=1S/C16H14F2N2O2/c17-13-6-5-11(8-14(13)18)19-16(21)20-12-7-10-3-1-2-4-15(10)22-9-12/h1-6,8,12H,7,9H2,(H2,19,20,21). The number of carbonyl (C=O) groups is 1. The number of benzene rings is 2. The van der Waals surface area contributed by atoms with Gasteiger partial charge in [0, 0.05) is 11.8 Å². The van der Waals surface area contributed by atoms with Gasteiger partial charge in [0.15, 0.2) is 11.6 Å². The van der Waals surface area contributed by atoms with Crippen LogP contribution in [-0.2, 0) is 6.42 Å². The summed E-state index contributed by atoms with van der Waals surface area (Å²) in [4.78, 5) is 11.9. The van der Waals surface area contributed by atoms with Crippen LogP contribution in [0, 0.1) is 11.6 Å². The molecule has 0 spiro atoms. The second kappa shape index (κ2) is 6.01. The van der Waals surface area contributed by atoms with Crippen LogP contribution in [0.2, 0.25) is 0 Å². The molecule has 2 amide bonds. The summed E-state index contributed by atoms with van der Waals surface area (Å²) >= 11 is 0. The molecule has 3 rings (SSSR count). The molecule has 2 N–H and O–H groups in total. The van der Waals surface area contributed by atoms with Crippen LogP contribution in [0.3, 0.4) is 0 Å². The maximum absolute atomic E-state index is 13.1. The maximum Gasteiger partial charge on any atom is 0.319 e. The van der Waals surface area contributed by atoms with Crippen molar-refractivity contribution in [2.45, 2.75) is 12.5 Å². The molecule has 2 aromatic carbocycles. The molecule has 22 heavy (non-hydrogen) atoms. The van der Waals surface area contributed by atoms with Gasteiger partial charge < -0.3 is 15.4 Å². The fourth-order valence-electron chi connectivity index (χ4n) is 2.35. The Kier molecular flexibility index (Phi) is 3.91. The average molecular weight is 304 g/mol. The van der Waals surface area contributed by atoms with Crippen molar-refractivity contribution in [3.63, 3.8) is 0 Å². The van der Waals surface area contributed by atoms with Gasteiger partial charge in [0.25, 0.3) is 0 Å². The maximum atomic E-state index is 13.1. The van der Waals surface area contributed by atoms with Gasteiger partial charge in [-0.15, -0.1) is 0 Å². The van der Waals surface area contributed by atoms with E-state index in [1.54, 1.807) is 0 Å². The highest BCUT2D eigenvalue weighted by atomic mass is 19.2. The first-order valence-electron chi connectivity index (χ1n) is 6.85. The lowest BCUT2D eigenvalue weighted by atomic mass is 10.0. The second-order valence-electron chi connectivity index (χ2n) is 5.05. The molecule has 6 heteroatoms. The fourth-order valence-corrected chi connectivity index (χ4v) is 2.35. The zero-order chi connectivity index (χ0) is 15.5. The topological polar surface area (TPSA) is 50.4 Å². The van der Waals surface area contributed by atoms with Crippen LogP contribution in [-0.4, -0.2) is 18.7 Å². The molecule has 1 aliphatic rings. The van der Waals surface area contributed by atoms with Crippen LogP contribution in [0.25, 0.3) is 0 Å². The van der Waals surface area contributed by atoms with E-state index in [0.29, 0.717) is 13.0 Å². The molecule has 0 saturated carbocycles. The number of amides is 2. The van der Waals surface area contributed by atoms with Gasteiger partial charge in [-0.1, -0.05) is 18.2 Å². The summed E-state index contributed by atoms with van der Waals surface area (Å²) in [5, 5.41) is 5.22. The first-order chi connectivity index (χ1) is 10.6. The molecule has 1 aliphatic heterocycles. The van der Waals surface area contributed by atoms with Crippen molar-refractivity contribution in [2.24, 2.45) is 0 Å². The molecule has 0 bridgehead atoms. The summed E-state index contributed by atoms with van der Waals surface area (Å²) in [5.41, 5.74) is 1.21. The van der Waals surface area contributed by atoms with Crippen molar-refractivity contribution >= 4 is 11.7 Å². The van der Waals surface area contributed by atoms with Crippen molar-refractivity contribution in [3.8, 4) is 5.75 Å². The lowest BCUT2D eigenvalue weighted by Crippen LogP contribution is -2.44. The number of hydrogen-bond acceptors (Lipinski definition) is 2. The van der Waals surface area contributed by atoms with Gasteiger partial charge in [-0.2, -0.15) is 0 Å². The summed E-state index contributed by atoms with van der Waals surface area (Å²) in [5.74, 6) is -1.14. The molecule has 1 heterocycles. The van der Waals surface area contributed by atoms with Gasteiger partial charge in [-0.25, -0.2) is 13.6 Å². The first-order valence-corrected chi connectivity index (χ1v) is 6.85. The van der Waals surface area contributed by atoms with E-state index in [2.05, 4.69) is 10.6 Å². The Morgan fingerprint density at radius 3 is 2.77 bits per heavy atom. The number of urea groups is 1. The molecule has 0 saturated heterocycles. The van der Waals surface area contributed by atoms with Crippen molar-refractivity contribution < 1.29 is 18.3 Å². The zero-order valence-electron chi connectivity index (χ0n) is 11.6. The molecule has 4 nitrogen and oxygen atoms in total. The molecule has 0 radical (unpaired) electrons. The third-order valence-electron chi connectivity index (χ3n) is 3.39. The summed E-state index contributed by atoms with van der Waals surface area (Å²) in [6.45, 7) is 0.363. The lowest BCUT2D eigenvalue weighted by Gasteiger charge is -2.26. The molecule has 114 valence electrons. The van der Waals surface area contributed by atoms with E-state index in [0.717, 1.165) is 23.4 Å². The van der Waals surface area contributed by atoms with Crippen LogP contribution in [0.5, 0.6) is 5.75 Å². The van der Waals surface area contributed by atoms with Gasteiger partial charge >= 0.3 is 6.03 Å². The molecule has 1 atom stereocenters. The number of halogens is 2. The number of hydrogen-bond donors (Lipinski definition) is 2. The van der Waals surface area contributed by atoms with Gasteiger partial charge in [-0.05, 0) is 30.2 Å². The normalized spacial score (nSPS) is 16.4. The Labute approximate surface area is 126 Å². The monoisotopic (exact) mass is 304 g/mol. The van der Waals surface area contributed by atoms with Crippen molar-refractivity contribution in [1.82, 2.24) is 5.32 Å². The van der Waals surface area contributed by atoms with Crippen LogP contribution in [0.15, 0.2) is 42.5 Å². The number of ether oxygens (including phenoxy) is 1. The predicted molar refractivity (Wildman–Crippen MR) is 77.9 cm³/mol. The number of rotatable bonds is 2. The third kappa shape index (κ3) is 3.16. The molecule has 0 aromatic heterocycles. The van der Waals surface area contributed by atoms with E-state index in [9.17, 15) is 13.6 Å². The van der Waals surface area contributed by atoms with E-state index >= 15 is 0 Å². The number of fused-ring (bicyclic) bond motifs is 1. The largest absolute Gasteiger partial charge is 0.491 e. The van der Waals surface area contributed by atoms with Gasteiger partial charge in [0.1, 0.15) is 12.4 Å². The number of anilines is 1. The molecule has 0 aliphatic carbocycles. The highest BCUT2D eigenvalue weighted by Gasteiger charge is 2.21. The van der Waals surface area contributed by atoms with Crippen LogP contribution >= 0.6 is 0 Å². The van der Waals surface area contributed by atoms with Crippen molar-refractivity contribution in [1.29, 1.82) is 0 Å². The molecular formula is C16H14F2N2O2. The highest BCUT2D eigenvalue weighted by molar-refractivity contribution is 5.89. The van der Waals surface area contributed by atoms with E-state index in [1.807, 2.05) is 24.3 Å². The Hall–Kier alpha value is -2.63. The number of nitrogens with one attached hydrogen (secondary N) is 2. The predicted octanol–water partition coefficient (Wildman–Crippen LogP) is 3.09. The summed E-state index contributed by atoms with van der Waals surface area (Å²) in [7, 11) is 0. The van der Waals surface area contributed by atoms with E-state index in [1.165, 1.54) is 6.07 Å². The molecular weight excluding hydrogens is 290 g/mol. The van der Waals surface area contributed by atoms with Gasteiger partial charge in [0.05, 0.1) is 6.04 Å². The summed E-state index contributed by atoms with van der Waals surface area (Å²) in [6.07, 6.45) is 0.654. The third-order valence-corrected chi connectivity index (χ3v) is 3.39. The quantitative estimate of drug-likeness (QED) is 0.896. The van der Waals surface area contributed by atoms with Crippen molar-refractivity contribution in [3.05, 3.63) is 59.7 Å². The van der Waals surface area contributed by atoms with Gasteiger partial charge in [0.2, 0.25) is 0 Å². The minimum Gasteiger partial charge on any atom is -0.491 e. The summed E-state index contributed by atoms with van der Waals surface area (Å²) < 4.78 is 31.5. The van der Waals surface area contributed by atoms with Crippen LogP contribution in [0.4, 0.5) is 19.3 Å². The number of carbonyl (C=O) groups excluding carboxylic acids is 1. The minimum absolute atomic E-state index is 0.180. The van der Waals surface area contributed by atoms with E-state index < -0.39 is 17.7 Å². The highest BCUT2D eigenvalue weighted by Crippen LogP contribution is 2.23. The lowest BCUT2D eigenvalue weighted by molar-refractivity contribution is 0.222.